The van der Waals surface area contributed by atoms with Gasteiger partial charge in [-0.1, -0.05) is 6.07 Å². The lowest BCUT2D eigenvalue weighted by Gasteiger charge is -2.39. The molecule has 1 atom stereocenters. The quantitative estimate of drug-likeness (QED) is 0.780. The second kappa shape index (κ2) is 5.58. The Morgan fingerprint density at radius 3 is 2.36 bits per heavy atom. The SMILES string of the molecule is CC1CN(C)C(=O)CN1C(=O)C(F)(F)c1c(F)cccc1F. The predicted molar refractivity (Wildman–Crippen MR) is 69.1 cm³/mol. The van der Waals surface area contributed by atoms with Crippen molar-refractivity contribution in [2.45, 2.75) is 18.9 Å². The first-order valence-corrected chi connectivity index (χ1v) is 6.53. The molecule has 2 rings (SSSR count). The molecule has 0 bridgehead atoms. The van der Waals surface area contributed by atoms with E-state index in [0.717, 1.165) is 6.07 Å². The predicted octanol–water partition coefficient (Wildman–Crippen LogP) is 1.75. The van der Waals surface area contributed by atoms with Gasteiger partial charge in [-0.3, -0.25) is 9.59 Å². The summed E-state index contributed by atoms with van der Waals surface area (Å²) in [5.74, 6) is -9.71. The fourth-order valence-electron chi connectivity index (χ4n) is 2.38. The smallest absolute Gasteiger partial charge is 0.342 e. The molecule has 0 radical (unpaired) electrons. The lowest BCUT2D eigenvalue weighted by molar-refractivity contribution is -0.168. The van der Waals surface area contributed by atoms with Crippen LogP contribution in [0.15, 0.2) is 18.2 Å². The van der Waals surface area contributed by atoms with Crippen molar-refractivity contribution >= 4 is 11.8 Å². The average molecular weight is 318 g/mol. The van der Waals surface area contributed by atoms with E-state index in [9.17, 15) is 27.2 Å². The number of alkyl halides is 2. The van der Waals surface area contributed by atoms with Gasteiger partial charge in [0.2, 0.25) is 5.91 Å². The van der Waals surface area contributed by atoms with Crippen LogP contribution in [0.5, 0.6) is 0 Å². The molecular formula is C14H14F4N2O2. The van der Waals surface area contributed by atoms with Gasteiger partial charge in [-0.2, -0.15) is 8.78 Å². The van der Waals surface area contributed by atoms with Gasteiger partial charge in [-0.25, -0.2) is 8.78 Å². The van der Waals surface area contributed by atoms with Crippen molar-refractivity contribution < 1.29 is 27.2 Å². The van der Waals surface area contributed by atoms with E-state index in [1.54, 1.807) is 0 Å². The maximum absolute atomic E-state index is 14.3. The molecular weight excluding hydrogens is 304 g/mol. The van der Waals surface area contributed by atoms with Gasteiger partial charge in [-0.15, -0.1) is 0 Å². The molecule has 1 aliphatic heterocycles. The van der Waals surface area contributed by atoms with Crippen LogP contribution in [0.1, 0.15) is 12.5 Å². The van der Waals surface area contributed by atoms with Crippen LogP contribution in [0, 0.1) is 11.6 Å². The van der Waals surface area contributed by atoms with Gasteiger partial charge in [0.15, 0.2) is 0 Å². The highest BCUT2D eigenvalue weighted by molar-refractivity contribution is 5.90. The summed E-state index contributed by atoms with van der Waals surface area (Å²) in [6.45, 7) is 0.997. The second-order valence-electron chi connectivity index (χ2n) is 5.23. The van der Waals surface area contributed by atoms with E-state index in [1.807, 2.05) is 0 Å². The van der Waals surface area contributed by atoms with Crippen LogP contribution >= 0.6 is 0 Å². The molecule has 2 amide bonds. The zero-order valence-electron chi connectivity index (χ0n) is 11.9. The number of piperazine rings is 1. The van der Waals surface area contributed by atoms with Crippen molar-refractivity contribution in [3.63, 3.8) is 0 Å². The molecule has 0 saturated carbocycles. The maximum atomic E-state index is 14.3. The third kappa shape index (κ3) is 2.65. The highest BCUT2D eigenvalue weighted by atomic mass is 19.3. The largest absolute Gasteiger partial charge is 0.355 e. The number of hydrogen-bond acceptors (Lipinski definition) is 2. The summed E-state index contributed by atoms with van der Waals surface area (Å²) >= 11 is 0. The van der Waals surface area contributed by atoms with Crippen LogP contribution in [0.2, 0.25) is 0 Å². The average Bonchev–Trinajstić information content (AvgIpc) is 2.41. The number of hydrogen-bond donors (Lipinski definition) is 0. The molecule has 1 aromatic carbocycles. The molecule has 1 fully saturated rings. The number of halogens is 4. The van der Waals surface area contributed by atoms with Gasteiger partial charge in [0, 0.05) is 19.6 Å². The Labute approximate surface area is 124 Å². The molecule has 4 nitrogen and oxygen atoms in total. The van der Waals surface area contributed by atoms with E-state index >= 15 is 0 Å². The van der Waals surface area contributed by atoms with E-state index in [1.165, 1.54) is 18.9 Å². The monoisotopic (exact) mass is 318 g/mol. The molecule has 1 unspecified atom stereocenters. The van der Waals surface area contributed by atoms with Crippen molar-refractivity contribution in [1.29, 1.82) is 0 Å². The fraction of sp³-hybridized carbons (Fsp3) is 0.429. The minimum atomic E-state index is -4.39. The molecule has 0 N–H and O–H groups in total. The lowest BCUT2D eigenvalue weighted by Crippen LogP contribution is -2.58. The molecule has 0 aromatic heterocycles. The van der Waals surface area contributed by atoms with Gasteiger partial charge >= 0.3 is 5.92 Å². The van der Waals surface area contributed by atoms with E-state index < -0.39 is 47.5 Å². The highest BCUT2D eigenvalue weighted by Crippen LogP contribution is 2.35. The second-order valence-corrected chi connectivity index (χ2v) is 5.23. The van der Waals surface area contributed by atoms with Crippen molar-refractivity contribution in [1.82, 2.24) is 9.80 Å². The van der Waals surface area contributed by atoms with E-state index in [4.69, 9.17) is 0 Å². The molecule has 1 aliphatic rings. The Kier molecular flexibility index (Phi) is 4.12. The summed E-state index contributed by atoms with van der Waals surface area (Å²) in [6, 6.07) is 1.54. The first-order chi connectivity index (χ1) is 10.2. The van der Waals surface area contributed by atoms with Crippen molar-refractivity contribution in [2.24, 2.45) is 0 Å². The highest BCUT2D eigenvalue weighted by Gasteiger charge is 2.50. The fourth-order valence-corrected chi connectivity index (χ4v) is 2.38. The van der Waals surface area contributed by atoms with E-state index in [-0.39, 0.29) is 6.54 Å². The summed E-state index contributed by atoms with van der Waals surface area (Å²) in [5.41, 5.74) is -1.60. The Morgan fingerprint density at radius 2 is 1.82 bits per heavy atom. The first kappa shape index (κ1) is 16.3. The zero-order chi connectivity index (χ0) is 16.7. The first-order valence-electron chi connectivity index (χ1n) is 6.53. The van der Waals surface area contributed by atoms with Gasteiger partial charge in [0.25, 0.3) is 5.91 Å². The van der Waals surface area contributed by atoms with E-state index in [0.29, 0.717) is 17.0 Å². The minimum Gasteiger partial charge on any atom is -0.342 e. The molecule has 0 spiro atoms. The number of carbonyl (C=O) groups is 2. The maximum Gasteiger partial charge on any atom is 0.355 e. The zero-order valence-corrected chi connectivity index (χ0v) is 11.9. The molecule has 1 aromatic rings. The number of amides is 2. The normalized spacial score (nSPS) is 19.5. The topological polar surface area (TPSA) is 40.6 Å². The number of likely N-dealkylation sites (N-methyl/N-ethyl adjacent to an activating group) is 1. The van der Waals surface area contributed by atoms with Crippen molar-refractivity contribution in [2.75, 3.05) is 20.1 Å². The van der Waals surface area contributed by atoms with Crippen LogP contribution < -0.4 is 0 Å². The third-order valence-corrected chi connectivity index (χ3v) is 3.61. The van der Waals surface area contributed by atoms with Crippen LogP contribution in [0.3, 0.4) is 0 Å². The van der Waals surface area contributed by atoms with Crippen molar-refractivity contribution in [3.05, 3.63) is 35.4 Å². The van der Waals surface area contributed by atoms with E-state index in [2.05, 4.69) is 0 Å². The molecule has 22 heavy (non-hydrogen) atoms. The summed E-state index contributed by atoms with van der Waals surface area (Å²) in [7, 11) is 1.48. The summed E-state index contributed by atoms with van der Waals surface area (Å²) in [5, 5.41) is 0. The standard InChI is InChI=1S/C14H14F4N2O2/c1-8-6-19(2)11(21)7-20(8)13(22)14(17,18)12-9(15)4-3-5-10(12)16/h3-5,8H,6-7H2,1-2H3. The number of rotatable bonds is 2. The summed E-state index contributed by atoms with van der Waals surface area (Å²) in [6.07, 6.45) is 0. The number of nitrogens with zero attached hydrogens (tertiary/aromatic N) is 2. The molecule has 0 aliphatic carbocycles. The Hall–Kier alpha value is -2.12. The van der Waals surface area contributed by atoms with Crippen LogP contribution in [-0.2, 0) is 15.5 Å². The number of carbonyl (C=O) groups excluding carboxylic acids is 2. The molecule has 120 valence electrons. The molecule has 8 heteroatoms. The van der Waals surface area contributed by atoms with Crippen molar-refractivity contribution in [3.8, 4) is 0 Å². The molecule has 1 heterocycles. The van der Waals surface area contributed by atoms with Crippen LogP contribution in [0.4, 0.5) is 17.6 Å². The Bertz CT molecular complexity index is 601. The lowest BCUT2D eigenvalue weighted by atomic mass is 10.0. The van der Waals surface area contributed by atoms with Gasteiger partial charge in [0.1, 0.15) is 23.7 Å². The van der Waals surface area contributed by atoms with Crippen LogP contribution in [0.25, 0.3) is 0 Å². The van der Waals surface area contributed by atoms with Gasteiger partial charge in [-0.05, 0) is 19.1 Å². The van der Waals surface area contributed by atoms with Crippen LogP contribution in [-0.4, -0.2) is 47.8 Å². The minimum absolute atomic E-state index is 0.0698. The summed E-state index contributed by atoms with van der Waals surface area (Å²) in [4.78, 5) is 25.6. The molecule has 1 saturated heterocycles. The third-order valence-electron chi connectivity index (χ3n) is 3.61. The Balaban J connectivity index is 2.37. The summed E-state index contributed by atoms with van der Waals surface area (Å²) < 4.78 is 55.6. The van der Waals surface area contributed by atoms with Gasteiger partial charge in [0.05, 0.1) is 0 Å². The Morgan fingerprint density at radius 1 is 1.27 bits per heavy atom. The van der Waals surface area contributed by atoms with Gasteiger partial charge < -0.3 is 9.80 Å². The number of benzene rings is 1.